The number of nitro benzene ring substituents is 2. The number of nitrogens with zero attached hydrogens (tertiary/aromatic N) is 4. The third-order valence-electron chi connectivity index (χ3n) is 4.49. The van der Waals surface area contributed by atoms with E-state index in [0.29, 0.717) is 5.69 Å². The number of hydrogen-bond donors (Lipinski definition) is 2. The van der Waals surface area contributed by atoms with Gasteiger partial charge in [-0.05, 0) is 31.2 Å². The van der Waals surface area contributed by atoms with Crippen LogP contribution in [0, 0.1) is 27.2 Å². The van der Waals surface area contributed by atoms with Crippen LogP contribution in [0.2, 0.25) is 0 Å². The van der Waals surface area contributed by atoms with E-state index in [4.69, 9.17) is 0 Å². The zero-order valence-electron chi connectivity index (χ0n) is 16.4. The van der Waals surface area contributed by atoms with E-state index in [0.717, 1.165) is 0 Å². The predicted molar refractivity (Wildman–Crippen MR) is 110 cm³/mol. The molecule has 0 aliphatic carbocycles. The maximum absolute atomic E-state index is 12.6. The average Bonchev–Trinajstić information content (AvgIpc) is 3.01. The number of nitro groups is 2. The summed E-state index contributed by atoms with van der Waals surface area (Å²) in [4.78, 5) is 45.5. The van der Waals surface area contributed by atoms with Crippen molar-refractivity contribution in [2.45, 2.75) is 6.92 Å². The summed E-state index contributed by atoms with van der Waals surface area (Å²) in [5.74, 6) is -1.03. The minimum absolute atomic E-state index is 0.0821. The summed E-state index contributed by atoms with van der Waals surface area (Å²) in [6, 6.07) is 10.1. The summed E-state index contributed by atoms with van der Waals surface area (Å²) < 4.78 is 1.46. The third-order valence-corrected chi connectivity index (χ3v) is 4.49. The highest BCUT2D eigenvalue weighted by atomic mass is 16.6. The summed E-state index contributed by atoms with van der Waals surface area (Å²) in [7, 11) is 1.62. The van der Waals surface area contributed by atoms with Crippen LogP contribution in [-0.4, -0.2) is 31.4 Å². The SMILES string of the molecule is Cc1c(NC(=O)c2ccc([N+](=O)[O-])cc2)c(NC(=O)c2ccc([N+](=O)[O-])cc2)nn1C. The summed E-state index contributed by atoms with van der Waals surface area (Å²) >= 11 is 0. The maximum Gasteiger partial charge on any atom is 0.269 e. The van der Waals surface area contributed by atoms with Crippen LogP contribution in [0.15, 0.2) is 48.5 Å². The number of carbonyl (C=O) groups is 2. The summed E-state index contributed by atoms with van der Waals surface area (Å²) in [5, 5.41) is 30.9. The number of hydrogen-bond acceptors (Lipinski definition) is 7. The second-order valence-corrected chi connectivity index (χ2v) is 6.45. The van der Waals surface area contributed by atoms with Gasteiger partial charge in [0.1, 0.15) is 5.69 Å². The molecule has 3 aromatic rings. The second kappa shape index (κ2) is 8.41. The van der Waals surface area contributed by atoms with Gasteiger partial charge in [0, 0.05) is 42.4 Å². The van der Waals surface area contributed by atoms with Crippen molar-refractivity contribution in [2.24, 2.45) is 7.05 Å². The van der Waals surface area contributed by atoms with E-state index in [1.165, 1.54) is 53.2 Å². The normalized spacial score (nSPS) is 10.4. The quantitative estimate of drug-likeness (QED) is 0.454. The topological polar surface area (TPSA) is 162 Å². The zero-order valence-corrected chi connectivity index (χ0v) is 16.4. The molecule has 0 spiro atoms. The van der Waals surface area contributed by atoms with Gasteiger partial charge in [0.05, 0.1) is 15.5 Å². The summed E-state index contributed by atoms with van der Waals surface area (Å²) in [6.07, 6.45) is 0. The predicted octanol–water partition coefficient (Wildman–Crippen LogP) is 3.05. The highest BCUT2D eigenvalue weighted by Crippen LogP contribution is 2.26. The van der Waals surface area contributed by atoms with Crippen LogP contribution in [0.4, 0.5) is 22.9 Å². The van der Waals surface area contributed by atoms with Crippen LogP contribution in [0.1, 0.15) is 26.4 Å². The molecule has 0 radical (unpaired) electrons. The zero-order chi connectivity index (χ0) is 22.7. The summed E-state index contributed by atoms with van der Waals surface area (Å²) in [6.45, 7) is 1.68. The van der Waals surface area contributed by atoms with Crippen molar-refractivity contribution in [3.63, 3.8) is 0 Å². The lowest BCUT2D eigenvalue weighted by Gasteiger charge is -2.08. The Bertz CT molecular complexity index is 1180. The molecule has 2 aromatic carbocycles. The number of aryl methyl sites for hydroxylation is 1. The van der Waals surface area contributed by atoms with Gasteiger partial charge in [-0.15, -0.1) is 0 Å². The highest BCUT2D eigenvalue weighted by molar-refractivity contribution is 6.09. The van der Waals surface area contributed by atoms with Crippen molar-refractivity contribution in [3.05, 3.63) is 85.6 Å². The van der Waals surface area contributed by atoms with Crippen molar-refractivity contribution >= 4 is 34.7 Å². The first-order valence-corrected chi connectivity index (χ1v) is 8.82. The van der Waals surface area contributed by atoms with E-state index in [1.54, 1.807) is 14.0 Å². The Balaban J connectivity index is 1.81. The molecule has 158 valence electrons. The number of benzene rings is 2. The van der Waals surface area contributed by atoms with E-state index in [1.807, 2.05) is 0 Å². The minimum Gasteiger partial charge on any atom is -0.317 e. The highest BCUT2D eigenvalue weighted by Gasteiger charge is 2.20. The molecule has 0 atom stereocenters. The fraction of sp³-hybridized carbons (Fsp3) is 0.105. The number of nitrogens with one attached hydrogen (secondary N) is 2. The minimum atomic E-state index is -0.574. The van der Waals surface area contributed by atoms with Gasteiger partial charge in [-0.1, -0.05) is 0 Å². The Morgan fingerprint density at radius 2 is 1.26 bits per heavy atom. The Kier molecular flexibility index (Phi) is 5.72. The lowest BCUT2D eigenvalue weighted by Crippen LogP contribution is -2.17. The molecular formula is C19H16N6O6. The molecule has 0 aliphatic rings. The van der Waals surface area contributed by atoms with Crippen molar-refractivity contribution in [3.8, 4) is 0 Å². The molecular weight excluding hydrogens is 408 g/mol. The standard InChI is InChI=1S/C19H16N6O6/c1-11-16(20-18(26)12-3-7-14(8-4-12)24(28)29)17(22-23(11)2)21-19(27)13-5-9-15(10-6-13)25(30)31/h3-10H,1-2H3,(H,20,26)(H,21,22,27). The van der Waals surface area contributed by atoms with E-state index in [-0.39, 0.29) is 34.0 Å². The Morgan fingerprint density at radius 1 is 0.839 bits per heavy atom. The third kappa shape index (κ3) is 4.53. The van der Waals surface area contributed by atoms with Gasteiger partial charge >= 0.3 is 0 Å². The van der Waals surface area contributed by atoms with E-state index in [9.17, 15) is 29.8 Å². The van der Waals surface area contributed by atoms with Crippen LogP contribution in [0.5, 0.6) is 0 Å². The fourth-order valence-corrected chi connectivity index (χ4v) is 2.68. The van der Waals surface area contributed by atoms with E-state index >= 15 is 0 Å². The van der Waals surface area contributed by atoms with Crippen LogP contribution in [-0.2, 0) is 7.05 Å². The number of aromatic nitrogens is 2. The van der Waals surface area contributed by atoms with Crippen LogP contribution >= 0.6 is 0 Å². The lowest BCUT2D eigenvalue weighted by molar-refractivity contribution is -0.385. The van der Waals surface area contributed by atoms with Gasteiger partial charge in [0.25, 0.3) is 23.2 Å². The first kappa shape index (κ1) is 21.1. The largest absolute Gasteiger partial charge is 0.317 e. The monoisotopic (exact) mass is 424 g/mol. The van der Waals surface area contributed by atoms with Gasteiger partial charge in [0.2, 0.25) is 0 Å². The number of non-ortho nitro benzene ring substituents is 2. The maximum atomic E-state index is 12.6. The van der Waals surface area contributed by atoms with Crippen LogP contribution < -0.4 is 10.6 Å². The molecule has 0 saturated carbocycles. The van der Waals surface area contributed by atoms with Crippen molar-refractivity contribution in [1.82, 2.24) is 9.78 Å². The second-order valence-electron chi connectivity index (χ2n) is 6.45. The number of carbonyl (C=O) groups excluding carboxylic acids is 2. The van der Waals surface area contributed by atoms with Gasteiger partial charge < -0.3 is 10.6 Å². The number of anilines is 2. The van der Waals surface area contributed by atoms with Gasteiger partial charge in [-0.25, -0.2) is 0 Å². The molecule has 0 fully saturated rings. The molecule has 31 heavy (non-hydrogen) atoms. The van der Waals surface area contributed by atoms with Crippen LogP contribution in [0.3, 0.4) is 0 Å². The Labute approximate surface area is 174 Å². The summed E-state index contributed by atoms with van der Waals surface area (Å²) in [5.41, 5.74) is 0.852. The van der Waals surface area contributed by atoms with Crippen molar-refractivity contribution < 1.29 is 19.4 Å². The Hall–Kier alpha value is -4.61. The molecule has 1 heterocycles. The number of amides is 2. The van der Waals surface area contributed by atoms with E-state index < -0.39 is 21.7 Å². The van der Waals surface area contributed by atoms with Crippen molar-refractivity contribution in [1.29, 1.82) is 0 Å². The average molecular weight is 424 g/mol. The van der Waals surface area contributed by atoms with Gasteiger partial charge in [0.15, 0.2) is 5.82 Å². The first-order valence-electron chi connectivity index (χ1n) is 8.82. The first-order chi connectivity index (χ1) is 14.7. The van der Waals surface area contributed by atoms with Crippen molar-refractivity contribution in [2.75, 3.05) is 10.6 Å². The molecule has 0 bridgehead atoms. The molecule has 3 rings (SSSR count). The van der Waals surface area contributed by atoms with Crippen LogP contribution in [0.25, 0.3) is 0 Å². The molecule has 12 nitrogen and oxygen atoms in total. The Morgan fingerprint density at radius 3 is 1.68 bits per heavy atom. The molecule has 2 amide bonds. The van der Waals surface area contributed by atoms with Gasteiger partial charge in [-0.2, -0.15) is 5.10 Å². The van der Waals surface area contributed by atoms with Gasteiger partial charge in [-0.3, -0.25) is 34.5 Å². The smallest absolute Gasteiger partial charge is 0.269 e. The fourth-order valence-electron chi connectivity index (χ4n) is 2.68. The molecule has 1 aromatic heterocycles. The lowest BCUT2D eigenvalue weighted by atomic mass is 10.2. The number of rotatable bonds is 6. The molecule has 0 saturated heterocycles. The molecule has 2 N–H and O–H groups in total. The molecule has 0 aliphatic heterocycles. The van der Waals surface area contributed by atoms with E-state index in [2.05, 4.69) is 15.7 Å². The molecule has 0 unspecified atom stereocenters. The molecule has 12 heteroatoms.